The third-order valence-corrected chi connectivity index (χ3v) is 3.76. The fraction of sp³-hybridized carbons (Fsp3) is 0.250. The lowest BCUT2D eigenvalue weighted by Gasteiger charge is -2.30. The lowest BCUT2D eigenvalue weighted by molar-refractivity contribution is 0.322. The van der Waals surface area contributed by atoms with Crippen LogP contribution in [0.2, 0.25) is 0 Å². The van der Waals surface area contributed by atoms with E-state index in [1.807, 2.05) is 19.1 Å². The summed E-state index contributed by atoms with van der Waals surface area (Å²) < 4.78 is 0. The zero-order valence-electron chi connectivity index (χ0n) is 11.5. The average Bonchev–Trinajstić information content (AvgIpc) is 2.49. The number of nitrogens with zero attached hydrogens (tertiary/aromatic N) is 3. The Kier molecular flexibility index (Phi) is 3.37. The van der Waals surface area contributed by atoms with Gasteiger partial charge in [0.1, 0.15) is 5.82 Å². The van der Waals surface area contributed by atoms with E-state index >= 15 is 0 Å². The summed E-state index contributed by atoms with van der Waals surface area (Å²) >= 11 is 0. The van der Waals surface area contributed by atoms with Crippen molar-refractivity contribution in [1.29, 1.82) is 0 Å². The maximum absolute atomic E-state index is 8.60. The van der Waals surface area contributed by atoms with Crippen molar-refractivity contribution in [1.82, 2.24) is 4.98 Å². The van der Waals surface area contributed by atoms with Crippen LogP contribution in [0.5, 0.6) is 0 Å². The maximum Gasteiger partial charge on any atom is 0.129 e. The summed E-state index contributed by atoms with van der Waals surface area (Å²) in [6, 6.07) is 12.5. The van der Waals surface area contributed by atoms with Crippen LogP contribution in [0.25, 0.3) is 0 Å². The Morgan fingerprint density at radius 1 is 1.20 bits per heavy atom. The SMILES string of the molecule is Cc1nc(N2CCc3ccccc3C2)ccc1/C=N/O. The molecular formula is C16H17N3O. The van der Waals surface area contributed by atoms with Crippen molar-refractivity contribution in [3.05, 3.63) is 58.8 Å². The molecule has 0 amide bonds. The summed E-state index contributed by atoms with van der Waals surface area (Å²) in [5, 5.41) is 11.7. The first-order valence-corrected chi connectivity index (χ1v) is 6.75. The molecule has 2 aromatic rings. The number of aryl methyl sites for hydroxylation is 1. The molecule has 0 aliphatic carbocycles. The second-order valence-electron chi connectivity index (χ2n) is 5.03. The van der Waals surface area contributed by atoms with Gasteiger partial charge in [0.25, 0.3) is 0 Å². The number of hydrogen-bond acceptors (Lipinski definition) is 4. The minimum Gasteiger partial charge on any atom is -0.411 e. The Morgan fingerprint density at radius 3 is 2.75 bits per heavy atom. The van der Waals surface area contributed by atoms with Gasteiger partial charge in [-0.15, -0.1) is 0 Å². The van der Waals surface area contributed by atoms with Gasteiger partial charge in [0.05, 0.1) is 6.21 Å². The Morgan fingerprint density at radius 2 is 2.00 bits per heavy atom. The molecule has 0 bridgehead atoms. The van der Waals surface area contributed by atoms with E-state index in [0.29, 0.717) is 0 Å². The van der Waals surface area contributed by atoms with Crippen molar-refractivity contribution in [2.45, 2.75) is 19.9 Å². The van der Waals surface area contributed by atoms with Gasteiger partial charge in [0.15, 0.2) is 0 Å². The Bertz CT molecular complexity index is 652. The van der Waals surface area contributed by atoms with E-state index in [2.05, 4.69) is 39.3 Å². The van der Waals surface area contributed by atoms with E-state index in [-0.39, 0.29) is 0 Å². The van der Waals surface area contributed by atoms with Gasteiger partial charge in [-0.1, -0.05) is 29.4 Å². The minimum atomic E-state index is 0.841. The summed E-state index contributed by atoms with van der Waals surface area (Å²) in [6.45, 7) is 3.81. The second-order valence-corrected chi connectivity index (χ2v) is 5.03. The van der Waals surface area contributed by atoms with Gasteiger partial charge in [-0.3, -0.25) is 0 Å². The molecule has 4 nitrogen and oxygen atoms in total. The van der Waals surface area contributed by atoms with E-state index in [4.69, 9.17) is 5.21 Å². The van der Waals surface area contributed by atoms with Crippen LogP contribution in [0, 0.1) is 6.92 Å². The molecule has 0 saturated carbocycles. The molecule has 0 atom stereocenters. The number of oxime groups is 1. The minimum absolute atomic E-state index is 0.841. The number of pyridine rings is 1. The lowest BCUT2D eigenvalue weighted by Crippen LogP contribution is -2.31. The van der Waals surface area contributed by atoms with Gasteiger partial charge < -0.3 is 10.1 Å². The fourth-order valence-corrected chi connectivity index (χ4v) is 2.62. The summed E-state index contributed by atoms with van der Waals surface area (Å²) in [5.74, 6) is 0.979. The number of anilines is 1. The van der Waals surface area contributed by atoms with E-state index in [1.165, 1.54) is 17.3 Å². The molecule has 3 rings (SSSR count). The number of hydrogen-bond donors (Lipinski definition) is 1. The highest BCUT2D eigenvalue weighted by atomic mass is 16.4. The molecule has 0 saturated heterocycles. The molecule has 2 heterocycles. The number of benzene rings is 1. The molecule has 0 fully saturated rings. The van der Waals surface area contributed by atoms with Crippen LogP contribution in [0.15, 0.2) is 41.6 Å². The summed E-state index contributed by atoms with van der Waals surface area (Å²) in [6.07, 6.45) is 2.47. The van der Waals surface area contributed by atoms with Gasteiger partial charge >= 0.3 is 0 Å². The first kappa shape index (κ1) is 12.7. The van der Waals surface area contributed by atoms with Gasteiger partial charge in [-0.05, 0) is 36.6 Å². The van der Waals surface area contributed by atoms with Gasteiger partial charge in [0.2, 0.25) is 0 Å². The normalized spacial score (nSPS) is 14.6. The molecule has 0 spiro atoms. The maximum atomic E-state index is 8.60. The van der Waals surface area contributed by atoms with Crippen molar-refractivity contribution in [3.8, 4) is 0 Å². The molecule has 1 aliphatic rings. The second kappa shape index (κ2) is 5.33. The smallest absolute Gasteiger partial charge is 0.129 e. The van der Waals surface area contributed by atoms with E-state index < -0.39 is 0 Å². The molecule has 1 N–H and O–H groups in total. The summed E-state index contributed by atoms with van der Waals surface area (Å²) in [4.78, 5) is 6.90. The largest absolute Gasteiger partial charge is 0.411 e. The predicted molar refractivity (Wildman–Crippen MR) is 79.6 cm³/mol. The third kappa shape index (κ3) is 2.37. The fourth-order valence-electron chi connectivity index (χ4n) is 2.62. The van der Waals surface area contributed by atoms with Crippen LogP contribution >= 0.6 is 0 Å². The van der Waals surface area contributed by atoms with Crippen LogP contribution in [0.4, 0.5) is 5.82 Å². The van der Waals surface area contributed by atoms with Crippen LogP contribution in [0.3, 0.4) is 0 Å². The highest BCUT2D eigenvalue weighted by Crippen LogP contribution is 2.23. The number of fused-ring (bicyclic) bond motifs is 1. The first-order valence-electron chi connectivity index (χ1n) is 6.75. The van der Waals surface area contributed by atoms with Gasteiger partial charge in [0, 0.05) is 24.3 Å². The van der Waals surface area contributed by atoms with E-state index in [9.17, 15) is 0 Å². The molecule has 1 aromatic heterocycles. The Hall–Kier alpha value is -2.36. The van der Waals surface area contributed by atoms with Gasteiger partial charge in [-0.25, -0.2) is 4.98 Å². The van der Waals surface area contributed by atoms with Crippen molar-refractivity contribution in [2.75, 3.05) is 11.4 Å². The van der Waals surface area contributed by atoms with Crippen molar-refractivity contribution >= 4 is 12.0 Å². The Balaban J connectivity index is 1.86. The zero-order valence-corrected chi connectivity index (χ0v) is 11.5. The van der Waals surface area contributed by atoms with Crippen LogP contribution in [-0.2, 0) is 13.0 Å². The summed E-state index contributed by atoms with van der Waals surface area (Å²) in [5.41, 5.74) is 4.52. The molecule has 1 aromatic carbocycles. The summed E-state index contributed by atoms with van der Waals surface area (Å²) in [7, 11) is 0. The third-order valence-electron chi connectivity index (χ3n) is 3.76. The standard InChI is InChI=1S/C16H17N3O/c1-12-14(10-17-20)6-7-16(18-12)19-9-8-13-4-2-3-5-15(13)11-19/h2-7,10,20H,8-9,11H2,1H3/b17-10+. The molecule has 20 heavy (non-hydrogen) atoms. The Labute approximate surface area is 118 Å². The predicted octanol–water partition coefficient (Wildman–Crippen LogP) is 2.76. The molecule has 1 aliphatic heterocycles. The topological polar surface area (TPSA) is 48.7 Å². The first-order chi connectivity index (χ1) is 9.78. The molecule has 0 unspecified atom stereocenters. The highest BCUT2D eigenvalue weighted by Gasteiger charge is 2.17. The van der Waals surface area contributed by atoms with Gasteiger partial charge in [-0.2, -0.15) is 0 Å². The van der Waals surface area contributed by atoms with Crippen molar-refractivity contribution in [2.24, 2.45) is 5.16 Å². The monoisotopic (exact) mass is 267 g/mol. The molecule has 4 heteroatoms. The van der Waals surface area contributed by atoms with Crippen LogP contribution < -0.4 is 4.90 Å². The quantitative estimate of drug-likeness (QED) is 0.517. The van der Waals surface area contributed by atoms with Crippen molar-refractivity contribution < 1.29 is 5.21 Å². The number of rotatable bonds is 2. The van der Waals surface area contributed by atoms with E-state index in [1.54, 1.807) is 0 Å². The number of aromatic nitrogens is 1. The highest BCUT2D eigenvalue weighted by molar-refractivity contribution is 5.80. The van der Waals surface area contributed by atoms with Crippen LogP contribution in [-0.4, -0.2) is 23.0 Å². The molecule has 0 radical (unpaired) electrons. The zero-order chi connectivity index (χ0) is 13.9. The van der Waals surface area contributed by atoms with Crippen molar-refractivity contribution in [3.63, 3.8) is 0 Å². The molecular weight excluding hydrogens is 250 g/mol. The average molecular weight is 267 g/mol. The lowest BCUT2D eigenvalue weighted by atomic mass is 10.00. The van der Waals surface area contributed by atoms with Crippen LogP contribution in [0.1, 0.15) is 22.4 Å². The van der Waals surface area contributed by atoms with E-state index in [0.717, 1.165) is 36.6 Å². The molecule has 102 valence electrons.